The average molecular weight is 598 g/mol. The summed E-state index contributed by atoms with van der Waals surface area (Å²) in [6.45, 7) is 15.8. The molecule has 0 fully saturated rings. The van der Waals surface area contributed by atoms with Crippen LogP contribution in [0.3, 0.4) is 0 Å². The van der Waals surface area contributed by atoms with Crippen molar-refractivity contribution in [2.45, 2.75) is 85.2 Å². The van der Waals surface area contributed by atoms with Crippen LogP contribution in [0.1, 0.15) is 79.1 Å². The predicted octanol–water partition coefficient (Wildman–Crippen LogP) is -1.55. The summed E-state index contributed by atoms with van der Waals surface area (Å²) in [6.07, 6.45) is 9.88. The fourth-order valence-electron chi connectivity index (χ4n) is 3.82. The van der Waals surface area contributed by atoms with Gasteiger partial charge in [0, 0.05) is 0 Å². The zero-order valence-corrected chi connectivity index (χ0v) is 22.9. The van der Waals surface area contributed by atoms with Crippen LogP contribution in [-0.4, -0.2) is 73.5 Å². The topological polar surface area (TPSA) is 20.2 Å². The smallest absolute Gasteiger partial charge is 0.152 e. The first-order valence-electron chi connectivity index (χ1n) is 10.7. The SMILES string of the molecule is CCCC[N+](C)(CCCC)CC(O)C[N+](C)(CCCC)CCCC.[I-].[I-]. The molecule has 0 aliphatic carbocycles. The summed E-state index contributed by atoms with van der Waals surface area (Å²) < 4.78 is 2.09. The van der Waals surface area contributed by atoms with Crippen LogP contribution in [-0.2, 0) is 0 Å². The van der Waals surface area contributed by atoms with Crippen molar-refractivity contribution in [1.29, 1.82) is 0 Å². The number of likely N-dealkylation sites (N-methyl/N-ethyl adjacent to an activating group) is 2. The zero-order chi connectivity index (χ0) is 18.5. The molecule has 26 heavy (non-hydrogen) atoms. The number of quaternary nitrogens is 2. The molecule has 0 aliphatic heterocycles. The largest absolute Gasteiger partial charge is 1.00 e. The molecule has 0 saturated heterocycles. The van der Waals surface area contributed by atoms with Crippen LogP contribution in [0.4, 0.5) is 0 Å². The molecule has 0 bridgehead atoms. The Bertz CT molecular complexity index is 260. The van der Waals surface area contributed by atoms with Gasteiger partial charge in [-0.15, -0.1) is 0 Å². The molecular weight excluding hydrogens is 550 g/mol. The molecule has 162 valence electrons. The Labute approximate surface area is 199 Å². The van der Waals surface area contributed by atoms with Crippen molar-refractivity contribution in [2.75, 3.05) is 53.4 Å². The highest BCUT2D eigenvalue weighted by molar-refractivity contribution is 4.57. The Balaban J connectivity index is -0.00000264. The Morgan fingerprint density at radius 3 is 1.00 bits per heavy atom. The van der Waals surface area contributed by atoms with E-state index in [-0.39, 0.29) is 54.1 Å². The lowest BCUT2D eigenvalue weighted by atomic mass is 10.1. The number of rotatable bonds is 16. The summed E-state index contributed by atoms with van der Waals surface area (Å²) in [6, 6.07) is 0. The van der Waals surface area contributed by atoms with Gasteiger partial charge >= 0.3 is 0 Å². The van der Waals surface area contributed by atoms with E-state index in [1.807, 2.05) is 0 Å². The van der Waals surface area contributed by atoms with Gasteiger partial charge in [0.1, 0.15) is 13.1 Å². The average Bonchev–Trinajstić information content (AvgIpc) is 2.54. The summed E-state index contributed by atoms with van der Waals surface area (Å²) in [5.74, 6) is 0. The monoisotopic (exact) mass is 598 g/mol. The lowest BCUT2D eigenvalue weighted by Gasteiger charge is -2.40. The second-order valence-electron chi connectivity index (χ2n) is 8.57. The van der Waals surface area contributed by atoms with Crippen LogP contribution in [0.2, 0.25) is 0 Å². The third kappa shape index (κ3) is 15.3. The van der Waals surface area contributed by atoms with Crippen LogP contribution in [0.25, 0.3) is 0 Å². The minimum Gasteiger partial charge on any atom is -1.00 e. The lowest BCUT2D eigenvalue weighted by molar-refractivity contribution is -0.933. The number of nitrogens with zero attached hydrogens (tertiary/aromatic N) is 2. The molecule has 0 amide bonds. The van der Waals surface area contributed by atoms with Crippen molar-refractivity contribution in [3.63, 3.8) is 0 Å². The van der Waals surface area contributed by atoms with Crippen molar-refractivity contribution in [2.24, 2.45) is 0 Å². The Kier molecular flexibility index (Phi) is 22.6. The van der Waals surface area contributed by atoms with Gasteiger partial charge in [0.05, 0.1) is 40.3 Å². The molecule has 5 heteroatoms. The zero-order valence-electron chi connectivity index (χ0n) is 18.6. The molecule has 0 aromatic carbocycles. The Morgan fingerprint density at radius 2 is 0.808 bits per heavy atom. The summed E-state index contributed by atoms with van der Waals surface area (Å²) in [7, 11) is 4.72. The fourth-order valence-corrected chi connectivity index (χ4v) is 3.82. The highest BCUT2D eigenvalue weighted by atomic mass is 127. The molecule has 0 spiro atoms. The van der Waals surface area contributed by atoms with E-state index < -0.39 is 0 Å². The molecule has 0 atom stereocenters. The van der Waals surface area contributed by atoms with E-state index >= 15 is 0 Å². The number of aliphatic hydroxyl groups excluding tert-OH is 1. The first-order chi connectivity index (χ1) is 11.3. The van der Waals surface area contributed by atoms with Gasteiger partial charge in [0.2, 0.25) is 0 Å². The van der Waals surface area contributed by atoms with E-state index in [1.54, 1.807) is 0 Å². The van der Waals surface area contributed by atoms with Gasteiger partial charge in [-0.25, -0.2) is 0 Å². The van der Waals surface area contributed by atoms with Gasteiger partial charge in [0.25, 0.3) is 0 Å². The molecule has 0 saturated carbocycles. The number of hydrogen-bond donors (Lipinski definition) is 1. The molecule has 0 aromatic rings. The Hall–Kier alpha value is 1.34. The van der Waals surface area contributed by atoms with Crippen LogP contribution in [0.5, 0.6) is 0 Å². The first kappa shape index (κ1) is 32.0. The second kappa shape index (κ2) is 18.4. The molecule has 0 aliphatic rings. The molecule has 3 nitrogen and oxygen atoms in total. The first-order valence-corrected chi connectivity index (χ1v) is 10.7. The number of aliphatic hydroxyl groups is 1. The maximum atomic E-state index is 10.9. The van der Waals surface area contributed by atoms with E-state index in [4.69, 9.17) is 0 Å². The van der Waals surface area contributed by atoms with Crippen molar-refractivity contribution in [1.82, 2.24) is 0 Å². The second-order valence-corrected chi connectivity index (χ2v) is 8.57. The van der Waals surface area contributed by atoms with Crippen LogP contribution in [0.15, 0.2) is 0 Å². The van der Waals surface area contributed by atoms with E-state index in [1.165, 1.54) is 77.5 Å². The maximum Gasteiger partial charge on any atom is 0.152 e. The highest BCUT2D eigenvalue weighted by Gasteiger charge is 2.30. The van der Waals surface area contributed by atoms with Gasteiger partial charge in [0.15, 0.2) is 6.10 Å². The molecule has 0 rings (SSSR count). The maximum absolute atomic E-state index is 10.9. The number of hydrogen-bond acceptors (Lipinski definition) is 1. The third-order valence-electron chi connectivity index (χ3n) is 5.51. The van der Waals surface area contributed by atoms with E-state index in [9.17, 15) is 5.11 Å². The van der Waals surface area contributed by atoms with Gasteiger partial charge in [-0.3, -0.25) is 0 Å². The van der Waals surface area contributed by atoms with Gasteiger partial charge < -0.3 is 62.0 Å². The van der Waals surface area contributed by atoms with E-state index in [0.717, 1.165) is 22.1 Å². The highest BCUT2D eigenvalue weighted by Crippen LogP contribution is 2.15. The number of unbranched alkanes of at least 4 members (excludes halogenated alkanes) is 4. The number of halogens is 2. The fraction of sp³-hybridized carbons (Fsp3) is 1.00. The van der Waals surface area contributed by atoms with Crippen molar-refractivity contribution < 1.29 is 62.0 Å². The standard InChI is InChI=1S/C21H48N2O.2HI/c1-7-11-15-22(5,16-12-8-2)19-21(24)20-23(6,17-13-9-3)18-14-10-4;;/h21,24H,7-20H2,1-6H3;2*1H/q+2;;/p-2. The summed E-state index contributed by atoms with van der Waals surface area (Å²) in [5.41, 5.74) is 0. The van der Waals surface area contributed by atoms with Crippen LogP contribution < -0.4 is 48.0 Å². The Morgan fingerprint density at radius 1 is 0.577 bits per heavy atom. The van der Waals surface area contributed by atoms with Crippen molar-refractivity contribution >= 4 is 0 Å². The minimum absolute atomic E-state index is 0. The van der Waals surface area contributed by atoms with Crippen LogP contribution in [0, 0.1) is 0 Å². The van der Waals surface area contributed by atoms with Crippen LogP contribution >= 0.6 is 0 Å². The third-order valence-corrected chi connectivity index (χ3v) is 5.51. The van der Waals surface area contributed by atoms with Gasteiger partial charge in [-0.05, 0) is 25.7 Å². The molecule has 0 radical (unpaired) electrons. The molecular formula is C21H48I2N2O. The molecule has 1 N–H and O–H groups in total. The summed E-state index contributed by atoms with van der Waals surface area (Å²) >= 11 is 0. The predicted molar refractivity (Wildman–Crippen MR) is 107 cm³/mol. The quantitative estimate of drug-likeness (QED) is 0.169. The molecule has 0 unspecified atom stereocenters. The molecule has 0 heterocycles. The van der Waals surface area contributed by atoms with Gasteiger partial charge in [-0.1, -0.05) is 53.4 Å². The van der Waals surface area contributed by atoms with E-state index in [2.05, 4.69) is 41.8 Å². The van der Waals surface area contributed by atoms with Gasteiger partial charge in [-0.2, -0.15) is 0 Å². The minimum atomic E-state index is -0.178. The molecule has 0 aromatic heterocycles. The lowest BCUT2D eigenvalue weighted by Crippen LogP contribution is -3.00. The normalized spacial score (nSPS) is 12.0. The van der Waals surface area contributed by atoms with Crippen molar-refractivity contribution in [3.8, 4) is 0 Å². The summed E-state index contributed by atoms with van der Waals surface area (Å²) in [5, 5.41) is 10.9. The summed E-state index contributed by atoms with van der Waals surface area (Å²) in [4.78, 5) is 0. The van der Waals surface area contributed by atoms with E-state index in [0.29, 0.717) is 0 Å². The van der Waals surface area contributed by atoms with Crippen molar-refractivity contribution in [3.05, 3.63) is 0 Å².